The van der Waals surface area contributed by atoms with Crippen molar-refractivity contribution < 1.29 is 43.3 Å². The van der Waals surface area contributed by atoms with E-state index in [1.807, 2.05) is 0 Å². The third kappa shape index (κ3) is 9.03. The predicted molar refractivity (Wildman–Crippen MR) is 170 cm³/mol. The highest BCUT2D eigenvalue weighted by Crippen LogP contribution is 2.48. The van der Waals surface area contributed by atoms with Crippen molar-refractivity contribution in [1.82, 2.24) is 0 Å². The van der Waals surface area contributed by atoms with Gasteiger partial charge in [-0.05, 0) is 123 Å². The number of benzene rings is 4. The molecule has 47 heavy (non-hydrogen) atoms. The Kier molecular flexibility index (Phi) is 10.4. The number of aromatic hydroxyl groups is 2. The first kappa shape index (κ1) is 33.9. The zero-order chi connectivity index (χ0) is 34.2. The number of carbonyl (C=O) groups excluding carboxylic acids is 3. The van der Waals surface area contributed by atoms with E-state index in [-0.39, 0.29) is 17.4 Å². The van der Waals surface area contributed by atoms with Crippen LogP contribution in [0, 0.1) is 22.5 Å². The molecule has 2 aliphatic carbocycles. The van der Waals surface area contributed by atoms with E-state index in [0.717, 1.165) is 0 Å². The van der Waals surface area contributed by atoms with Gasteiger partial charge in [0.1, 0.15) is 34.0 Å². The van der Waals surface area contributed by atoms with Gasteiger partial charge < -0.3 is 37.0 Å². The number of anilines is 4. The SMILES string of the molecule is Nc1ccc(O)cc1.O=C(Nc1ccc(O)cc1)C1(C(=O)Nc2ccc(F)cc2)CC1.O=C(O)C1(C(=O)Nc2ccc(F)cc2)CC1. The van der Waals surface area contributed by atoms with Crippen LogP contribution in [0.5, 0.6) is 11.5 Å². The minimum absolute atomic E-state index is 0.0955. The number of carbonyl (C=O) groups is 4. The highest BCUT2D eigenvalue weighted by molar-refractivity contribution is 6.17. The summed E-state index contributed by atoms with van der Waals surface area (Å²) in [5.41, 5.74) is 4.98. The summed E-state index contributed by atoms with van der Waals surface area (Å²) >= 11 is 0. The molecule has 11 nitrogen and oxygen atoms in total. The van der Waals surface area contributed by atoms with Crippen LogP contribution in [0.3, 0.4) is 0 Å². The molecule has 0 unspecified atom stereocenters. The van der Waals surface area contributed by atoms with Gasteiger partial charge in [0.05, 0.1) is 0 Å². The van der Waals surface area contributed by atoms with Crippen LogP contribution in [-0.2, 0) is 19.2 Å². The van der Waals surface area contributed by atoms with E-state index >= 15 is 0 Å². The third-order valence-corrected chi connectivity index (χ3v) is 7.44. The van der Waals surface area contributed by atoms with Crippen LogP contribution >= 0.6 is 0 Å². The molecule has 4 aromatic carbocycles. The summed E-state index contributed by atoms with van der Waals surface area (Å²) in [6.45, 7) is 0. The zero-order valence-corrected chi connectivity index (χ0v) is 24.9. The molecule has 0 atom stereocenters. The Hall–Kier alpha value is -5.98. The van der Waals surface area contributed by atoms with Crippen LogP contribution in [0.1, 0.15) is 25.7 Å². The molecule has 2 fully saturated rings. The third-order valence-electron chi connectivity index (χ3n) is 7.44. The molecule has 2 saturated carbocycles. The number of hydrogen-bond donors (Lipinski definition) is 7. The number of rotatable bonds is 7. The fourth-order valence-corrected chi connectivity index (χ4v) is 4.18. The van der Waals surface area contributed by atoms with Gasteiger partial charge in [-0.15, -0.1) is 0 Å². The lowest BCUT2D eigenvalue weighted by Crippen LogP contribution is -2.35. The molecule has 13 heteroatoms. The second-order valence-corrected chi connectivity index (χ2v) is 11.0. The first-order valence-electron chi connectivity index (χ1n) is 14.4. The number of carboxylic acid groups (broad SMARTS) is 1. The van der Waals surface area contributed by atoms with Gasteiger partial charge in [0.25, 0.3) is 0 Å². The van der Waals surface area contributed by atoms with Gasteiger partial charge in [0, 0.05) is 22.7 Å². The molecule has 2 aliphatic rings. The zero-order valence-electron chi connectivity index (χ0n) is 24.9. The number of amides is 3. The van der Waals surface area contributed by atoms with E-state index in [9.17, 15) is 33.1 Å². The van der Waals surface area contributed by atoms with Crippen molar-refractivity contribution >= 4 is 46.4 Å². The smallest absolute Gasteiger partial charge is 0.319 e. The molecule has 0 spiro atoms. The number of halogens is 2. The molecule has 0 radical (unpaired) electrons. The fraction of sp³-hybridized carbons (Fsp3) is 0.176. The normalized spacial score (nSPS) is 14.4. The van der Waals surface area contributed by atoms with Crippen molar-refractivity contribution in [3.63, 3.8) is 0 Å². The molecule has 0 heterocycles. The van der Waals surface area contributed by atoms with Gasteiger partial charge in [-0.25, -0.2) is 8.78 Å². The summed E-state index contributed by atoms with van der Waals surface area (Å²) in [6.07, 6.45) is 1.64. The van der Waals surface area contributed by atoms with Crippen LogP contribution in [0.4, 0.5) is 31.5 Å². The van der Waals surface area contributed by atoms with Crippen molar-refractivity contribution in [3.8, 4) is 11.5 Å². The Balaban J connectivity index is 0.000000180. The summed E-state index contributed by atoms with van der Waals surface area (Å²) in [7, 11) is 0. The molecular formula is C34H32F2N4O7. The molecule has 4 aromatic rings. The largest absolute Gasteiger partial charge is 0.508 e. The van der Waals surface area contributed by atoms with Crippen LogP contribution < -0.4 is 21.7 Å². The van der Waals surface area contributed by atoms with E-state index in [2.05, 4.69) is 16.0 Å². The Morgan fingerprint density at radius 1 is 0.532 bits per heavy atom. The van der Waals surface area contributed by atoms with E-state index < -0.39 is 40.2 Å². The molecule has 8 N–H and O–H groups in total. The lowest BCUT2D eigenvalue weighted by atomic mass is 10.0. The highest BCUT2D eigenvalue weighted by atomic mass is 19.1. The molecule has 0 bridgehead atoms. The quantitative estimate of drug-likeness (QED) is 0.0778. The molecular weight excluding hydrogens is 614 g/mol. The molecule has 244 valence electrons. The van der Waals surface area contributed by atoms with Gasteiger partial charge in [-0.2, -0.15) is 0 Å². The average Bonchev–Trinajstić information content (AvgIpc) is 3.97. The van der Waals surface area contributed by atoms with Crippen molar-refractivity contribution in [2.75, 3.05) is 21.7 Å². The fourth-order valence-electron chi connectivity index (χ4n) is 4.18. The molecule has 0 aromatic heterocycles. The second-order valence-electron chi connectivity index (χ2n) is 11.0. The lowest BCUT2D eigenvalue weighted by molar-refractivity contribution is -0.147. The maximum absolute atomic E-state index is 12.9. The maximum atomic E-state index is 12.9. The van der Waals surface area contributed by atoms with E-state index in [0.29, 0.717) is 48.4 Å². The Morgan fingerprint density at radius 3 is 1.13 bits per heavy atom. The van der Waals surface area contributed by atoms with Crippen LogP contribution in [0.15, 0.2) is 97.1 Å². The van der Waals surface area contributed by atoms with Crippen molar-refractivity contribution in [2.24, 2.45) is 10.8 Å². The number of carboxylic acids is 1. The Bertz CT molecular complexity index is 1640. The van der Waals surface area contributed by atoms with Crippen LogP contribution in [-0.4, -0.2) is 39.0 Å². The number of hydrogen-bond acceptors (Lipinski definition) is 7. The number of aliphatic carboxylic acids is 1. The number of phenolic OH excluding ortho intramolecular Hbond substituents is 2. The summed E-state index contributed by atoms with van der Waals surface area (Å²) < 4.78 is 25.5. The molecule has 3 amide bonds. The first-order valence-corrected chi connectivity index (χ1v) is 14.4. The summed E-state index contributed by atoms with van der Waals surface area (Å²) in [6, 6.07) is 23.0. The minimum atomic E-state index is -1.27. The highest BCUT2D eigenvalue weighted by Gasteiger charge is 2.57. The minimum Gasteiger partial charge on any atom is -0.508 e. The van der Waals surface area contributed by atoms with E-state index in [1.54, 1.807) is 36.4 Å². The van der Waals surface area contributed by atoms with Crippen LogP contribution in [0.25, 0.3) is 0 Å². The van der Waals surface area contributed by atoms with Crippen LogP contribution in [0.2, 0.25) is 0 Å². The lowest BCUT2D eigenvalue weighted by Gasteiger charge is -2.15. The number of nitrogens with one attached hydrogen (secondary N) is 3. The summed E-state index contributed by atoms with van der Waals surface area (Å²) in [5.74, 6) is -2.88. The predicted octanol–water partition coefficient (Wildman–Crippen LogP) is 5.49. The summed E-state index contributed by atoms with van der Waals surface area (Å²) in [4.78, 5) is 47.2. The molecule has 0 saturated heterocycles. The molecule has 6 rings (SSSR count). The van der Waals surface area contributed by atoms with Gasteiger partial charge in [0.2, 0.25) is 17.7 Å². The monoisotopic (exact) mass is 646 g/mol. The standard InChI is InChI=1S/C17H15FN2O3.C11H10FNO3.C6H7NO/c18-11-1-3-12(4-2-11)19-15(22)17(9-10-17)16(23)20-13-5-7-14(21)8-6-13;12-7-1-3-8(4-2-7)13-9(14)11(5-6-11)10(15)16;7-5-1-3-6(8)4-2-5/h1-8,21H,9-10H2,(H,19,22)(H,20,23);1-4H,5-6H2,(H,13,14)(H,15,16);1-4,8H,7H2. The van der Waals surface area contributed by atoms with Gasteiger partial charge >= 0.3 is 5.97 Å². The number of phenols is 2. The topological polar surface area (TPSA) is 191 Å². The van der Waals surface area contributed by atoms with Crippen molar-refractivity contribution in [3.05, 3.63) is 109 Å². The Labute approximate surface area is 268 Å². The molecule has 0 aliphatic heterocycles. The van der Waals surface area contributed by atoms with Gasteiger partial charge in [0.15, 0.2) is 0 Å². The van der Waals surface area contributed by atoms with E-state index in [4.69, 9.17) is 15.9 Å². The van der Waals surface area contributed by atoms with Gasteiger partial charge in [-0.3, -0.25) is 19.2 Å². The number of nitrogens with two attached hydrogens (primary N) is 1. The average molecular weight is 647 g/mol. The number of nitrogen functional groups attached to an aromatic ring is 1. The second kappa shape index (κ2) is 14.4. The maximum Gasteiger partial charge on any atom is 0.319 e. The van der Waals surface area contributed by atoms with Crippen molar-refractivity contribution in [1.29, 1.82) is 0 Å². The van der Waals surface area contributed by atoms with Crippen molar-refractivity contribution in [2.45, 2.75) is 25.7 Å². The summed E-state index contributed by atoms with van der Waals surface area (Å²) in [5, 5.41) is 34.6. The van der Waals surface area contributed by atoms with Gasteiger partial charge in [-0.1, -0.05) is 0 Å². The van der Waals surface area contributed by atoms with E-state index in [1.165, 1.54) is 60.7 Å². The Morgan fingerprint density at radius 2 is 0.830 bits per heavy atom. The first-order chi connectivity index (χ1) is 22.3.